The van der Waals surface area contributed by atoms with Crippen molar-refractivity contribution in [3.63, 3.8) is 0 Å². The number of hydroxylamine groups is 1. The molecule has 7 aliphatic rings. The summed E-state index contributed by atoms with van der Waals surface area (Å²) < 4.78 is 5.60. The van der Waals surface area contributed by atoms with Crippen molar-refractivity contribution in [2.75, 3.05) is 0 Å². The van der Waals surface area contributed by atoms with Gasteiger partial charge < -0.3 is 41.0 Å². The molecule has 3 unspecified atom stereocenters. The number of aliphatic hydroxyl groups is 5. The molecule has 1 heterocycles. The number of epoxide rings is 1. The van der Waals surface area contributed by atoms with E-state index in [2.05, 4.69) is 108 Å². The third kappa shape index (κ3) is 20.8. The first-order valence-corrected chi connectivity index (χ1v) is 27.6. The maximum Gasteiger partial charge on any atom is 0.0920 e. The Morgan fingerprint density at radius 1 is 0.507 bits per heavy atom. The molecule has 0 amide bonds. The first-order valence-electron chi connectivity index (χ1n) is 27.6. The minimum absolute atomic E-state index is 0.117. The third-order valence-corrected chi connectivity index (χ3v) is 18.6. The van der Waals surface area contributed by atoms with Crippen LogP contribution in [0.4, 0.5) is 0 Å². The number of nitrogens with one attached hydrogen (secondary N) is 1. The van der Waals surface area contributed by atoms with E-state index >= 15 is 0 Å². The molecule has 0 aromatic heterocycles. The van der Waals surface area contributed by atoms with E-state index in [0.29, 0.717) is 60.4 Å². The maximum absolute atomic E-state index is 10.6. The lowest BCUT2D eigenvalue weighted by Crippen LogP contribution is -2.51. The van der Waals surface area contributed by atoms with Crippen LogP contribution in [0.5, 0.6) is 0 Å². The molecule has 6 aliphatic carbocycles. The number of hydrogen-bond donors (Lipinski definition) is 6. The van der Waals surface area contributed by atoms with Crippen LogP contribution < -0.4 is 5.48 Å². The summed E-state index contributed by atoms with van der Waals surface area (Å²) in [6.45, 7) is 54.3. The summed E-state index contributed by atoms with van der Waals surface area (Å²) in [5, 5.41) is 59.7. The zero-order chi connectivity index (χ0) is 54.7. The molecule has 5 saturated carbocycles. The smallest absolute Gasteiger partial charge is 0.0920 e. The van der Waals surface area contributed by atoms with Gasteiger partial charge in [-0.1, -0.05) is 113 Å². The van der Waals surface area contributed by atoms with E-state index in [4.69, 9.17) is 4.74 Å². The molecule has 0 radical (unpaired) electrons. The van der Waals surface area contributed by atoms with E-state index in [0.717, 1.165) is 82.1 Å². The van der Waals surface area contributed by atoms with E-state index in [9.17, 15) is 30.7 Å². The monoisotopic (exact) mass is 993 g/mol. The zero-order valence-electron chi connectivity index (χ0n) is 48.3. The molecule has 1 aliphatic heterocycles. The standard InChI is InChI=1S/3C11H20O.C10H18NO2.2C10H16O/c1-8(2)9-5-6-11(3,4)10(12)7-9;2*1-8(2)10-5-6-11(4,12)9(3)7-10;1-7(2)8-4-5-10(3,12)9(6-8)11-13;1-7(2)8-4-5-10(3)9(6-8)11-10;1-8(2)9-4-6-10(3,11)7-5-9/h3*9-10,12H,1,5-7H2,2-4H3;8-9,11-12H,1,4-6H2,2-3H3;8-9H,1,4-6H2,2-3H3;4,6,9,11H,1,5,7H2,2-3H3/q;;;-1;;/t9-,10?;2*9-,10+,11-;8-,9+,10+;8-,9?,10?;9-,10+/m100110/s1. The average molecular weight is 994 g/mol. The molecular formula is C63H110NO7-. The molecule has 6 fully saturated rings. The molecular weight excluding hydrogens is 883 g/mol. The number of hydrogen-bond acceptors (Lipinski definition) is 8. The van der Waals surface area contributed by atoms with Gasteiger partial charge in [0.05, 0.1) is 40.2 Å². The Bertz CT molecular complexity index is 1700. The minimum Gasteiger partial charge on any atom is -0.787 e. The highest BCUT2D eigenvalue weighted by molar-refractivity contribution is 5.15. The number of allylic oxidation sites excluding steroid dienone is 7. The van der Waals surface area contributed by atoms with Crippen molar-refractivity contribution in [1.82, 2.24) is 5.48 Å². The summed E-state index contributed by atoms with van der Waals surface area (Å²) in [6, 6.07) is -0.344. The summed E-state index contributed by atoms with van der Waals surface area (Å²) in [5.74, 6) is 4.24. The predicted molar refractivity (Wildman–Crippen MR) is 302 cm³/mol. The van der Waals surface area contributed by atoms with Gasteiger partial charge in [0.1, 0.15) is 0 Å². The van der Waals surface area contributed by atoms with Crippen molar-refractivity contribution in [1.29, 1.82) is 0 Å². The first kappa shape index (κ1) is 65.0. The van der Waals surface area contributed by atoms with Crippen LogP contribution in [0.15, 0.2) is 85.1 Å². The van der Waals surface area contributed by atoms with Crippen molar-refractivity contribution in [2.45, 2.75) is 259 Å². The van der Waals surface area contributed by atoms with E-state index in [-0.39, 0.29) is 23.2 Å². The highest BCUT2D eigenvalue weighted by atomic mass is 16.6. The first-order chi connectivity index (χ1) is 32.4. The highest BCUT2D eigenvalue weighted by Gasteiger charge is 2.55. The van der Waals surface area contributed by atoms with Crippen LogP contribution in [-0.4, -0.2) is 71.8 Å². The molecule has 16 atom stereocenters. The summed E-state index contributed by atoms with van der Waals surface area (Å²) in [6.07, 6.45) is 21.7. The summed E-state index contributed by atoms with van der Waals surface area (Å²) in [7, 11) is 0. The Morgan fingerprint density at radius 2 is 0.887 bits per heavy atom. The molecule has 7 rings (SSSR count). The quantitative estimate of drug-likeness (QED) is 0.0839. The second kappa shape index (κ2) is 27.1. The van der Waals surface area contributed by atoms with Crippen molar-refractivity contribution >= 4 is 0 Å². The van der Waals surface area contributed by atoms with Crippen LogP contribution in [0.2, 0.25) is 0 Å². The topological polar surface area (TPSA) is 149 Å². The molecule has 0 aromatic carbocycles. The fourth-order valence-electron chi connectivity index (χ4n) is 11.2. The Balaban J connectivity index is 0.000000292. The van der Waals surface area contributed by atoms with Gasteiger partial charge in [0.2, 0.25) is 0 Å². The summed E-state index contributed by atoms with van der Waals surface area (Å²) in [5.41, 5.74) is 7.43. The van der Waals surface area contributed by atoms with Gasteiger partial charge in [-0.25, -0.2) is 0 Å². The van der Waals surface area contributed by atoms with Gasteiger partial charge in [-0.15, -0.1) is 0 Å². The summed E-state index contributed by atoms with van der Waals surface area (Å²) >= 11 is 0. The predicted octanol–water partition coefficient (Wildman–Crippen LogP) is 14.6. The van der Waals surface area contributed by atoms with Gasteiger partial charge in [0.25, 0.3) is 0 Å². The van der Waals surface area contributed by atoms with Crippen molar-refractivity contribution in [3.8, 4) is 0 Å². The van der Waals surface area contributed by atoms with Gasteiger partial charge in [-0.3, -0.25) is 0 Å². The van der Waals surface area contributed by atoms with Gasteiger partial charge in [-0.2, -0.15) is 0 Å². The number of rotatable bonds is 7. The molecule has 71 heavy (non-hydrogen) atoms. The Kier molecular flexibility index (Phi) is 24.8. The molecule has 8 nitrogen and oxygen atoms in total. The van der Waals surface area contributed by atoms with Crippen LogP contribution in [0.1, 0.15) is 213 Å². The fourth-order valence-corrected chi connectivity index (χ4v) is 11.2. The SMILES string of the molecule is C=C(C)[C@@H]1CCC(C)(C)C(O)C1.C=C(C)[C@@H]1CCC2(C)OC2C1.C=C(C)[C@@H]1CC[C@](C)(O)[C@@H](C)C1.C=C(C)[C@@H]1CC[C@](C)(O)[C@@H](C)C1.C=C(C)[C@@H]1CC[C@](C)(O)[C@@H](N[O-])C1.C=C(C)[C@H]1C=C[C@@](C)(O)CC1. The van der Waals surface area contributed by atoms with Gasteiger partial charge >= 0.3 is 0 Å². The Morgan fingerprint density at radius 3 is 1.24 bits per heavy atom. The molecule has 0 bridgehead atoms. The fraction of sp³-hybridized carbons (Fsp3) is 0.778. The van der Waals surface area contributed by atoms with E-state index in [1.165, 1.54) is 53.5 Å². The van der Waals surface area contributed by atoms with Gasteiger partial charge in [-0.05, 0) is 238 Å². The normalized spacial score (nSPS) is 40.9. The van der Waals surface area contributed by atoms with Crippen LogP contribution in [0.3, 0.4) is 0 Å². The number of aliphatic hydroxyl groups excluding tert-OH is 1. The molecule has 1 saturated heterocycles. The molecule has 0 spiro atoms. The van der Waals surface area contributed by atoms with Crippen molar-refractivity contribution in [2.24, 2.45) is 52.8 Å². The van der Waals surface area contributed by atoms with E-state index in [1.807, 2.05) is 46.2 Å². The summed E-state index contributed by atoms with van der Waals surface area (Å²) in [4.78, 5) is 0. The largest absolute Gasteiger partial charge is 0.787 e. The van der Waals surface area contributed by atoms with Crippen LogP contribution in [0, 0.1) is 58.0 Å². The van der Waals surface area contributed by atoms with E-state index in [1.54, 1.807) is 6.92 Å². The maximum atomic E-state index is 10.6. The molecule has 6 N–H and O–H groups in total. The lowest BCUT2D eigenvalue weighted by Gasteiger charge is -2.43. The lowest BCUT2D eigenvalue weighted by molar-refractivity contribution is -0.0345. The lowest BCUT2D eigenvalue weighted by atomic mass is 9.69. The molecule has 8 heteroatoms. The molecule has 410 valence electrons. The van der Waals surface area contributed by atoms with Gasteiger partial charge in [0.15, 0.2) is 0 Å². The second-order valence-corrected chi connectivity index (χ2v) is 26.3. The van der Waals surface area contributed by atoms with E-state index < -0.39 is 22.4 Å². The van der Waals surface area contributed by atoms with Crippen LogP contribution in [-0.2, 0) is 4.74 Å². The Labute approximate surface area is 436 Å². The number of ether oxygens (including phenoxy) is 1. The third-order valence-electron chi connectivity index (χ3n) is 18.6. The highest BCUT2D eigenvalue weighted by Crippen LogP contribution is 2.50. The Hall–Kier alpha value is -2.14. The zero-order valence-corrected chi connectivity index (χ0v) is 48.3. The van der Waals surface area contributed by atoms with Crippen LogP contribution >= 0.6 is 0 Å². The molecule has 0 aromatic rings. The number of fused-ring (bicyclic) bond motifs is 1. The van der Waals surface area contributed by atoms with Gasteiger partial charge in [0, 0.05) is 6.04 Å². The van der Waals surface area contributed by atoms with Crippen molar-refractivity contribution < 1.29 is 30.3 Å². The van der Waals surface area contributed by atoms with Crippen LogP contribution in [0.25, 0.3) is 0 Å². The average Bonchev–Trinajstić information content (AvgIpc) is 3.95. The second-order valence-electron chi connectivity index (χ2n) is 26.3. The minimum atomic E-state index is -0.853. The van der Waals surface area contributed by atoms with Crippen molar-refractivity contribution in [3.05, 3.63) is 90.3 Å².